The van der Waals surface area contributed by atoms with Gasteiger partial charge in [0, 0.05) is 24.0 Å². The van der Waals surface area contributed by atoms with Gasteiger partial charge in [-0.3, -0.25) is 0 Å². The molecule has 7 nitrogen and oxygen atoms in total. The molecule has 0 amide bonds. The molecule has 142 valence electrons. The van der Waals surface area contributed by atoms with E-state index in [1.807, 2.05) is 13.8 Å². The van der Waals surface area contributed by atoms with Crippen molar-refractivity contribution in [1.29, 1.82) is 0 Å². The summed E-state index contributed by atoms with van der Waals surface area (Å²) in [4.78, 5) is 0.823. The minimum absolute atomic E-state index is 0. The second-order valence-corrected chi connectivity index (χ2v) is 10.3. The Bertz CT molecular complexity index is 689. The first-order chi connectivity index (χ1) is 10.7. The quantitative estimate of drug-likeness (QED) is 0.495. The van der Waals surface area contributed by atoms with Crippen molar-refractivity contribution < 1.29 is 16.8 Å². The lowest BCUT2D eigenvalue weighted by molar-refractivity contribution is 0.537. The molecule has 0 spiro atoms. The smallest absolute Gasteiger partial charge is 0.250 e. The third-order valence-electron chi connectivity index (χ3n) is 3.11. The number of thiophene rings is 1. The number of likely N-dealkylation sites (N-methyl/N-ethyl adjacent to an activating group) is 1. The molecule has 0 aliphatic heterocycles. The molecule has 24 heavy (non-hydrogen) atoms. The van der Waals surface area contributed by atoms with Crippen LogP contribution in [0, 0.1) is 0 Å². The average Bonchev–Trinajstić information content (AvgIpc) is 2.95. The fourth-order valence-electron chi connectivity index (χ4n) is 1.80. The van der Waals surface area contributed by atoms with E-state index in [-0.39, 0.29) is 35.0 Å². The fourth-order valence-corrected chi connectivity index (χ4v) is 4.94. The third kappa shape index (κ3) is 8.24. The van der Waals surface area contributed by atoms with E-state index in [9.17, 15) is 16.8 Å². The average molecular weight is 420 g/mol. The van der Waals surface area contributed by atoms with Gasteiger partial charge >= 0.3 is 0 Å². The number of sulfonamides is 2. The van der Waals surface area contributed by atoms with Crippen LogP contribution in [-0.4, -0.2) is 48.3 Å². The van der Waals surface area contributed by atoms with E-state index >= 15 is 0 Å². The molecule has 0 saturated carbocycles. The van der Waals surface area contributed by atoms with Crippen LogP contribution in [0.5, 0.6) is 0 Å². The van der Waals surface area contributed by atoms with Gasteiger partial charge in [-0.1, -0.05) is 6.92 Å². The summed E-state index contributed by atoms with van der Waals surface area (Å²) in [6.45, 7) is 6.80. The SMILES string of the molecule is CCN[C@H](C)CNS(=O)(=O)c1ccc(CCNS(=O)(=O)CC)s1.Cl. The number of hydrogen-bond donors (Lipinski definition) is 3. The maximum atomic E-state index is 12.2. The topological polar surface area (TPSA) is 104 Å². The predicted molar refractivity (Wildman–Crippen MR) is 101 cm³/mol. The van der Waals surface area contributed by atoms with Crippen molar-refractivity contribution in [3.8, 4) is 0 Å². The van der Waals surface area contributed by atoms with Crippen molar-refractivity contribution in [3.05, 3.63) is 17.0 Å². The van der Waals surface area contributed by atoms with Gasteiger partial charge in [-0.25, -0.2) is 26.3 Å². The second kappa shape index (κ2) is 10.7. The van der Waals surface area contributed by atoms with E-state index in [1.165, 1.54) is 0 Å². The van der Waals surface area contributed by atoms with Gasteiger partial charge in [-0.05, 0) is 38.9 Å². The standard InChI is InChI=1S/C13H25N3O4S3.ClH/c1-4-14-11(3)10-16-23(19,20)13-7-6-12(21-13)8-9-15-22(17,18)5-2;/h6-7,11,14-16H,4-5,8-10H2,1-3H3;1H/t11-;/m1./s1. The Kier molecular flexibility index (Phi) is 10.6. The van der Waals surface area contributed by atoms with E-state index in [0.717, 1.165) is 22.8 Å². The van der Waals surface area contributed by atoms with Crippen molar-refractivity contribution in [2.24, 2.45) is 0 Å². The highest BCUT2D eigenvalue weighted by molar-refractivity contribution is 7.91. The highest BCUT2D eigenvalue weighted by Crippen LogP contribution is 2.21. The first-order valence-electron chi connectivity index (χ1n) is 7.49. The van der Waals surface area contributed by atoms with E-state index in [2.05, 4.69) is 14.8 Å². The van der Waals surface area contributed by atoms with Crippen LogP contribution in [0.1, 0.15) is 25.6 Å². The van der Waals surface area contributed by atoms with Crippen LogP contribution in [0.4, 0.5) is 0 Å². The van der Waals surface area contributed by atoms with Gasteiger partial charge in [0.25, 0.3) is 0 Å². The van der Waals surface area contributed by atoms with E-state index in [4.69, 9.17) is 0 Å². The van der Waals surface area contributed by atoms with Gasteiger partial charge in [0.1, 0.15) is 4.21 Å². The number of halogens is 1. The molecular formula is C13H26ClN3O4S3. The Morgan fingerprint density at radius 2 is 1.79 bits per heavy atom. The molecule has 11 heteroatoms. The molecular weight excluding hydrogens is 394 g/mol. The normalized spacial score (nSPS) is 13.5. The maximum absolute atomic E-state index is 12.2. The van der Waals surface area contributed by atoms with E-state index in [0.29, 0.717) is 13.0 Å². The highest BCUT2D eigenvalue weighted by Gasteiger charge is 2.17. The van der Waals surface area contributed by atoms with Crippen molar-refractivity contribution in [3.63, 3.8) is 0 Å². The van der Waals surface area contributed by atoms with Crippen molar-refractivity contribution in [1.82, 2.24) is 14.8 Å². The molecule has 1 rings (SSSR count). The van der Waals surface area contributed by atoms with Crippen LogP contribution in [0.2, 0.25) is 0 Å². The Morgan fingerprint density at radius 3 is 2.38 bits per heavy atom. The summed E-state index contributed by atoms with van der Waals surface area (Å²) >= 11 is 1.16. The lowest BCUT2D eigenvalue weighted by Crippen LogP contribution is -2.38. The van der Waals surface area contributed by atoms with Crippen LogP contribution in [-0.2, 0) is 26.5 Å². The Balaban J connectivity index is 0.00000529. The minimum atomic E-state index is -3.52. The van der Waals surface area contributed by atoms with Crippen LogP contribution in [0.3, 0.4) is 0 Å². The Morgan fingerprint density at radius 1 is 1.12 bits per heavy atom. The minimum Gasteiger partial charge on any atom is -0.313 e. The molecule has 0 saturated heterocycles. The summed E-state index contributed by atoms with van der Waals surface area (Å²) in [5.74, 6) is 0.0327. The summed E-state index contributed by atoms with van der Waals surface area (Å²) in [6, 6.07) is 3.32. The molecule has 0 unspecified atom stereocenters. The monoisotopic (exact) mass is 419 g/mol. The largest absolute Gasteiger partial charge is 0.313 e. The first-order valence-corrected chi connectivity index (χ1v) is 11.4. The molecule has 0 aromatic carbocycles. The molecule has 1 aromatic heterocycles. The van der Waals surface area contributed by atoms with Crippen LogP contribution < -0.4 is 14.8 Å². The van der Waals surface area contributed by atoms with Gasteiger partial charge < -0.3 is 5.32 Å². The third-order valence-corrected chi connectivity index (χ3v) is 7.57. The van der Waals surface area contributed by atoms with Crippen molar-refractivity contribution in [2.75, 3.05) is 25.4 Å². The van der Waals surface area contributed by atoms with Gasteiger partial charge in [0.15, 0.2) is 0 Å². The number of nitrogens with one attached hydrogen (secondary N) is 3. The van der Waals surface area contributed by atoms with Crippen molar-refractivity contribution in [2.45, 2.75) is 37.4 Å². The van der Waals surface area contributed by atoms with Gasteiger partial charge in [-0.2, -0.15) is 0 Å². The number of hydrogen-bond acceptors (Lipinski definition) is 6. The maximum Gasteiger partial charge on any atom is 0.250 e. The first kappa shape index (κ1) is 23.8. The molecule has 0 bridgehead atoms. The lowest BCUT2D eigenvalue weighted by Gasteiger charge is -2.12. The zero-order valence-electron chi connectivity index (χ0n) is 14.0. The molecule has 3 N–H and O–H groups in total. The summed E-state index contributed by atoms with van der Waals surface area (Å²) in [6.07, 6.45) is 0.465. The molecule has 1 heterocycles. The molecule has 0 aliphatic rings. The summed E-state index contributed by atoms with van der Waals surface area (Å²) in [5, 5.41) is 3.13. The zero-order valence-corrected chi connectivity index (χ0v) is 17.3. The number of rotatable bonds is 11. The molecule has 0 fully saturated rings. The highest BCUT2D eigenvalue weighted by atomic mass is 35.5. The predicted octanol–water partition coefficient (Wildman–Crippen LogP) is 0.928. The Labute approximate surface area is 155 Å². The lowest BCUT2D eigenvalue weighted by atomic mass is 10.3. The van der Waals surface area contributed by atoms with Crippen LogP contribution in [0.25, 0.3) is 0 Å². The van der Waals surface area contributed by atoms with E-state index < -0.39 is 20.0 Å². The molecule has 1 atom stereocenters. The summed E-state index contributed by atoms with van der Waals surface area (Å²) in [5.41, 5.74) is 0. The van der Waals surface area contributed by atoms with Crippen LogP contribution in [0.15, 0.2) is 16.3 Å². The summed E-state index contributed by atoms with van der Waals surface area (Å²) in [7, 11) is -6.74. The van der Waals surface area contributed by atoms with Gasteiger partial charge in [0.2, 0.25) is 20.0 Å². The second-order valence-electron chi connectivity index (χ2n) is 5.08. The van der Waals surface area contributed by atoms with Gasteiger partial charge in [-0.15, -0.1) is 23.7 Å². The van der Waals surface area contributed by atoms with Crippen LogP contribution >= 0.6 is 23.7 Å². The fraction of sp³-hybridized carbons (Fsp3) is 0.692. The zero-order chi connectivity index (χ0) is 17.5. The molecule has 0 radical (unpaired) electrons. The Hall–Kier alpha value is -0.230. The van der Waals surface area contributed by atoms with Gasteiger partial charge in [0.05, 0.1) is 5.75 Å². The van der Waals surface area contributed by atoms with E-state index in [1.54, 1.807) is 19.1 Å². The summed E-state index contributed by atoms with van der Waals surface area (Å²) < 4.78 is 52.3. The van der Waals surface area contributed by atoms with Crippen molar-refractivity contribution >= 4 is 43.8 Å². The molecule has 1 aromatic rings. The molecule has 0 aliphatic carbocycles.